The highest BCUT2D eigenvalue weighted by Gasteiger charge is 1.92. The third-order valence-corrected chi connectivity index (χ3v) is 1.15. The molecule has 0 aliphatic carbocycles. The summed E-state index contributed by atoms with van der Waals surface area (Å²) in [5, 5.41) is 1.99. The number of rotatable bonds is 4. The molecule has 0 rings (SSSR count). The number of hydrazine groups is 1. The van der Waals surface area contributed by atoms with Crippen LogP contribution in [0.25, 0.3) is 0 Å². The molecule has 9 heavy (non-hydrogen) atoms. The molecule has 0 aliphatic rings. The van der Waals surface area contributed by atoms with Crippen molar-refractivity contribution in [2.24, 2.45) is 5.92 Å². The van der Waals surface area contributed by atoms with E-state index in [0.717, 1.165) is 12.5 Å². The lowest BCUT2D eigenvalue weighted by Gasteiger charge is -2.12. The molecule has 0 bridgehead atoms. The van der Waals surface area contributed by atoms with Gasteiger partial charge in [-0.2, -0.15) is 0 Å². The van der Waals surface area contributed by atoms with Crippen LogP contribution in [0.3, 0.4) is 0 Å². The average Bonchev–Trinajstić information content (AvgIpc) is 1.63. The summed E-state index contributed by atoms with van der Waals surface area (Å²) in [5.74, 6) is 0.803. The summed E-state index contributed by atoms with van der Waals surface area (Å²) in [7, 11) is 4.03. The summed E-state index contributed by atoms with van der Waals surface area (Å²) in [6.45, 7) is 5.55. The van der Waals surface area contributed by atoms with E-state index in [9.17, 15) is 0 Å². The zero-order chi connectivity index (χ0) is 7.28. The van der Waals surface area contributed by atoms with Gasteiger partial charge in [0.15, 0.2) is 0 Å². The molecule has 2 nitrogen and oxygen atoms in total. The van der Waals surface area contributed by atoms with Gasteiger partial charge in [-0.25, -0.2) is 0 Å². The van der Waals surface area contributed by atoms with Crippen LogP contribution in [0.1, 0.15) is 20.3 Å². The van der Waals surface area contributed by atoms with Crippen LogP contribution in [-0.4, -0.2) is 25.6 Å². The second-order valence-corrected chi connectivity index (χ2v) is 2.99. The molecule has 0 aliphatic heterocycles. The van der Waals surface area contributed by atoms with Crippen LogP contribution in [0.15, 0.2) is 0 Å². The van der Waals surface area contributed by atoms with Crippen LogP contribution >= 0.6 is 0 Å². The summed E-state index contributed by atoms with van der Waals surface area (Å²) in [6.07, 6.45) is 1.25. The van der Waals surface area contributed by atoms with Gasteiger partial charge in [0.2, 0.25) is 0 Å². The number of hydrogen-bond donors (Lipinski definition) is 1. The van der Waals surface area contributed by atoms with E-state index in [2.05, 4.69) is 19.3 Å². The molecule has 56 valence electrons. The first kappa shape index (κ1) is 8.92. The Morgan fingerprint density at radius 1 is 1.33 bits per heavy atom. The lowest BCUT2D eigenvalue weighted by Crippen LogP contribution is -2.31. The van der Waals surface area contributed by atoms with Gasteiger partial charge in [0.25, 0.3) is 0 Å². The minimum atomic E-state index is 0.803. The van der Waals surface area contributed by atoms with Crippen molar-refractivity contribution in [1.82, 2.24) is 10.4 Å². The van der Waals surface area contributed by atoms with Gasteiger partial charge in [-0.05, 0) is 12.3 Å². The fourth-order valence-corrected chi connectivity index (χ4v) is 0.577. The fraction of sp³-hybridized carbons (Fsp3) is 1.00. The Kier molecular flexibility index (Phi) is 4.72. The molecule has 0 fully saturated rings. The first-order valence-corrected chi connectivity index (χ1v) is 3.53. The van der Waals surface area contributed by atoms with E-state index in [4.69, 9.17) is 0 Å². The number of hydrogen-bond acceptors (Lipinski definition) is 2. The van der Waals surface area contributed by atoms with Crippen molar-refractivity contribution in [2.75, 3.05) is 20.6 Å². The molecule has 0 spiro atoms. The minimum absolute atomic E-state index is 0.803. The van der Waals surface area contributed by atoms with Crippen LogP contribution in [0.5, 0.6) is 0 Å². The van der Waals surface area contributed by atoms with E-state index in [0.29, 0.717) is 0 Å². The zero-order valence-corrected chi connectivity index (χ0v) is 6.94. The molecular weight excluding hydrogens is 112 g/mol. The molecule has 0 atom stereocenters. The molecule has 1 N–H and O–H groups in total. The van der Waals surface area contributed by atoms with Gasteiger partial charge >= 0.3 is 0 Å². The molecule has 0 radical (unpaired) electrons. The van der Waals surface area contributed by atoms with Crippen molar-refractivity contribution in [3.63, 3.8) is 0 Å². The van der Waals surface area contributed by atoms with Crippen LogP contribution in [0.2, 0.25) is 0 Å². The van der Waals surface area contributed by atoms with Crippen LogP contribution in [-0.2, 0) is 0 Å². The topological polar surface area (TPSA) is 15.3 Å². The normalized spacial score (nSPS) is 11.3. The summed E-state index contributed by atoms with van der Waals surface area (Å²) in [4.78, 5) is 0. The molecule has 0 unspecified atom stereocenters. The van der Waals surface area contributed by atoms with Crippen LogP contribution < -0.4 is 5.43 Å². The van der Waals surface area contributed by atoms with Gasteiger partial charge in [-0.3, -0.25) is 10.4 Å². The fourth-order valence-electron chi connectivity index (χ4n) is 0.577. The largest absolute Gasteiger partial charge is 0.256 e. The van der Waals surface area contributed by atoms with Crippen molar-refractivity contribution in [1.29, 1.82) is 0 Å². The van der Waals surface area contributed by atoms with Crippen molar-refractivity contribution >= 4 is 0 Å². The second-order valence-electron chi connectivity index (χ2n) is 2.99. The summed E-state index contributed by atoms with van der Waals surface area (Å²) in [6, 6.07) is 0. The molecule has 0 aromatic heterocycles. The molecule has 0 amide bonds. The Morgan fingerprint density at radius 2 is 1.89 bits per heavy atom. The lowest BCUT2D eigenvalue weighted by atomic mass is 10.1. The first-order chi connectivity index (χ1) is 4.13. The number of nitrogens with zero attached hydrogens (tertiary/aromatic N) is 1. The smallest absolute Gasteiger partial charge is 0.0104 e. The maximum absolute atomic E-state index is 3.21. The molecule has 0 aromatic carbocycles. The van der Waals surface area contributed by atoms with Gasteiger partial charge in [-0.1, -0.05) is 13.8 Å². The maximum atomic E-state index is 3.21. The summed E-state index contributed by atoms with van der Waals surface area (Å²) >= 11 is 0. The first-order valence-electron chi connectivity index (χ1n) is 3.53. The van der Waals surface area contributed by atoms with E-state index in [1.165, 1.54) is 6.42 Å². The van der Waals surface area contributed by atoms with Gasteiger partial charge in [0, 0.05) is 20.6 Å². The van der Waals surface area contributed by atoms with Crippen LogP contribution in [0.4, 0.5) is 0 Å². The van der Waals surface area contributed by atoms with Crippen LogP contribution in [0, 0.1) is 5.92 Å². The monoisotopic (exact) mass is 130 g/mol. The number of nitrogens with one attached hydrogen (secondary N) is 1. The Balaban J connectivity index is 2.91. The highest BCUT2D eigenvalue weighted by molar-refractivity contribution is 4.46. The molecule has 0 saturated carbocycles. The van der Waals surface area contributed by atoms with Crippen molar-refractivity contribution < 1.29 is 0 Å². The average molecular weight is 130 g/mol. The van der Waals surface area contributed by atoms with Crippen molar-refractivity contribution in [2.45, 2.75) is 20.3 Å². The van der Waals surface area contributed by atoms with E-state index in [1.807, 2.05) is 19.1 Å². The standard InChI is InChI=1S/C7H18N2/c1-7(2)5-6-8-9(3)4/h7-8H,5-6H2,1-4H3. The van der Waals surface area contributed by atoms with E-state index in [-0.39, 0.29) is 0 Å². The van der Waals surface area contributed by atoms with E-state index >= 15 is 0 Å². The quantitative estimate of drug-likeness (QED) is 0.573. The molecule has 0 heterocycles. The van der Waals surface area contributed by atoms with Gasteiger partial charge < -0.3 is 0 Å². The highest BCUT2D eigenvalue weighted by atomic mass is 15.5. The van der Waals surface area contributed by atoms with Gasteiger partial charge in [0.05, 0.1) is 0 Å². The Morgan fingerprint density at radius 3 is 2.22 bits per heavy atom. The predicted octanol–water partition coefficient (Wildman–Crippen LogP) is 1.10. The third-order valence-electron chi connectivity index (χ3n) is 1.15. The highest BCUT2D eigenvalue weighted by Crippen LogP contribution is 1.95. The predicted molar refractivity (Wildman–Crippen MR) is 41.1 cm³/mol. The van der Waals surface area contributed by atoms with E-state index < -0.39 is 0 Å². The Bertz CT molecular complexity index is 51.9. The Hall–Kier alpha value is -0.0800. The van der Waals surface area contributed by atoms with Gasteiger partial charge in [0.1, 0.15) is 0 Å². The third kappa shape index (κ3) is 7.92. The summed E-state index contributed by atoms with van der Waals surface area (Å²) < 4.78 is 0. The molecule has 0 aromatic rings. The van der Waals surface area contributed by atoms with Crippen molar-refractivity contribution in [3.8, 4) is 0 Å². The summed E-state index contributed by atoms with van der Waals surface area (Å²) in [5.41, 5.74) is 3.21. The maximum Gasteiger partial charge on any atom is 0.0104 e. The van der Waals surface area contributed by atoms with E-state index in [1.54, 1.807) is 0 Å². The lowest BCUT2D eigenvalue weighted by molar-refractivity contribution is 0.280. The molecule has 0 saturated heterocycles. The SMILES string of the molecule is CC(C)CCNN(C)C. The zero-order valence-electron chi connectivity index (χ0n) is 6.94. The van der Waals surface area contributed by atoms with Crippen molar-refractivity contribution in [3.05, 3.63) is 0 Å². The van der Waals surface area contributed by atoms with Gasteiger partial charge in [-0.15, -0.1) is 0 Å². The second kappa shape index (κ2) is 4.77. The molecular formula is C7H18N2. The Labute approximate surface area is 58.2 Å². The molecule has 2 heteroatoms. The minimum Gasteiger partial charge on any atom is -0.256 e.